The quantitative estimate of drug-likeness (QED) is 0.770. The second kappa shape index (κ2) is 8.45. The molecule has 0 heterocycles. The SMILES string of the molecule is COc1ccc(Cl)cc1NC(=O)NCCOc1ccc(C)c(C)c1. The van der Waals surface area contributed by atoms with Crippen LogP contribution in [0.3, 0.4) is 0 Å². The Morgan fingerprint density at radius 3 is 2.62 bits per heavy atom. The first-order valence-corrected chi connectivity index (χ1v) is 7.96. The van der Waals surface area contributed by atoms with Crippen LogP contribution in [-0.2, 0) is 0 Å². The number of methoxy groups -OCH3 is 1. The van der Waals surface area contributed by atoms with Gasteiger partial charge in [-0.15, -0.1) is 0 Å². The number of urea groups is 1. The van der Waals surface area contributed by atoms with Gasteiger partial charge in [-0.3, -0.25) is 0 Å². The predicted octanol–water partition coefficient (Wildman–Crippen LogP) is 4.17. The number of carbonyl (C=O) groups excluding carboxylic acids is 1. The fraction of sp³-hybridized carbons (Fsp3) is 0.278. The van der Waals surface area contributed by atoms with Gasteiger partial charge in [-0.2, -0.15) is 0 Å². The van der Waals surface area contributed by atoms with E-state index in [2.05, 4.69) is 17.6 Å². The largest absolute Gasteiger partial charge is 0.495 e. The number of hydrogen-bond donors (Lipinski definition) is 2. The van der Waals surface area contributed by atoms with Crippen LogP contribution in [0, 0.1) is 13.8 Å². The highest BCUT2D eigenvalue weighted by atomic mass is 35.5. The molecule has 24 heavy (non-hydrogen) atoms. The normalized spacial score (nSPS) is 10.2. The van der Waals surface area contributed by atoms with Crippen LogP contribution in [0.1, 0.15) is 11.1 Å². The lowest BCUT2D eigenvalue weighted by Crippen LogP contribution is -2.32. The van der Waals surface area contributed by atoms with E-state index in [1.54, 1.807) is 18.2 Å². The number of nitrogens with one attached hydrogen (secondary N) is 2. The highest BCUT2D eigenvalue weighted by molar-refractivity contribution is 6.31. The molecule has 0 atom stereocenters. The number of amides is 2. The van der Waals surface area contributed by atoms with Crippen LogP contribution in [0.15, 0.2) is 36.4 Å². The maximum Gasteiger partial charge on any atom is 0.319 e. The Hall–Kier alpha value is -2.40. The first kappa shape index (κ1) is 17.9. The standard InChI is InChI=1S/C18H21ClN2O3/c1-12-4-6-15(10-13(12)2)24-9-8-20-18(22)21-16-11-14(19)5-7-17(16)23-3/h4-7,10-11H,8-9H2,1-3H3,(H2,20,21,22). The molecule has 128 valence electrons. The number of halogens is 1. The van der Waals surface area contributed by atoms with E-state index in [0.717, 1.165) is 5.75 Å². The molecule has 0 unspecified atom stereocenters. The number of ether oxygens (including phenoxy) is 2. The number of anilines is 1. The van der Waals surface area contributed by atoms with E-state index < -0.39 is 0 Å². The Morgan fingerprint density at radius 1 is 1.12 bits per heavy atom. The Morgan fingerprint density at radius 2 is 1.92 bits per heavy atom. The minimum Gasteiger partial charge on any atom is -0.495 e. The predicted molar refractivity (Wildman–Crippen MR) is 96.4 cm³/mol. The molecule has 2 rings (SSSR count). The summed E-state index contributed by atoms with van der Waals surface area (Å²) >= 11 is 5.93. The molecule has 0 saturated carbocycles. The molecular weight excluding hydrogens is 328 g/mol. The van der Waals surface area contributed by atoms with Gasteiger partial charge in [0.2, 0.25) is 0 Å². The fourth-order valence-corrected chi connectivity index (χ4v) is 2.25. The Bertz CT molecular complexity index is 719. The van der Waals surface area contributed by atoms with E-state index >= 15 is 0 Å². The van der Waals surface area contributed by atoms with E-state index in [9.17, 15) is 4.79 Å². The van der Waals surface area contributed by atoms with Crippen LogP contribution < -0.4 is 20.1 Å². The maximum atomic E-state index is 11.9. The Balaban J connectivity index is 1.79. The Labute approximate surface area is 146 Å². The molecule has 5 nitrogen and oxygen atoms in total. The average molecular weight is 349 g/mol. The second-order valence-corrected chi connectivity index (χ2v) is 5.76. The van der Waals surface area contributed by atoms with Gasteiger partial charge in [-0.25, -0.2) is 4.79 Å². The summed E-state index contributed by atoms with van der Waals surface area (Å²) < 4.78 is 10.8. The summed E-state index contributed by atoms with van der Waals surface area (Å²) in [5, 5.41) is 5.94. The van der Waals surface area contributed by atoms with Crippen molar-refractivity contribution in [2.45, 2.75) is 13.8 Å². The summed E-state index contributed by atoms with van der Waals surface area (Å²) in [6.45, 7) is 4.84. The topological polar surface area (TPSA) is 59.6 Å². The molecule has 0 aliphatic carbocycles. The monoisotopic (exact) mass is 348 g/mol. The third-order valence-corrected chi connectivity index (χ3v) is 3.78. The van der Waals surface area contributed by atoms with Crippen molar-refractivity contribution in [3.63, 3.8) is 0 Å². The molecule has 2 N–H and O–H groups in total. The zero-order chi connectivity index (χ0) is 17.5. The molecule has 0 saturated heterocycles. The molecule has 0 radical (unpaired) electrons. The van der Waals surface area contributed by atoms with E-state index in [4.69, 9.17) is 21.1 Å². The van der Waals surface area contributed by atoms with Gasteiger partial charge in [0.05, 0.1) is 19.3 Å². The molecule has 0 aliphatic heterocycles. The van der Waals surface area contributed by atoms with Crippen LogP contribution in [-0.4, -0.2) is 26.3 Å². The van der Waals surface area contributed by atoms with Gasteiger partial charge in [0.15, 0.2) is 0 Å². The van der Waals surface area contributed by atoms with Gasteiger partial charge in [0.1, 0.15) is 18.1 Å². The third-order valence-electron chi connectivity index (χ3n) is 3.54. The number of aryl methyl sites for hydroxylation is 2. The minimum absolute atomic E-state index is 0.348. The highest BCUT2D eigenvalue weighted by Crippen LogP contribution is 2.27. The maximum absolute atomic E-state index is 11.9. The van der Waals surface area contributed by atoms with Crippen LogP contribution in [0.4, 0.5) is 10.5 Å². The van der Waals surface area contributed by atoms with Gasteiger partial charge in [-0.05, 0) is 55.3 Å². The molecule has 6 heteroatoms. The Kier molecular flexibility index (Phi) is 6.32. The van der Waals surface area contributed by atoms with Crippen molar-refractivity contribution in [1.29, 1.82) is 0 Å². The van der Waals surface area contributed by atoms with Crippen molar-refractivity contribution in [3.8, 4) is 11.5 Å². The molecule has 2 aromatic rings. The van der Waals surface area contributed by atoms with E-state index in [0.29, 0.717) is 29.6 Å². The molecule has 0 spiro atoms. The number of carbonyl (C=O) groups is 1. The third kappa shape index (κ3) is 5.06. The minimum atomic E-state index is -0.348. The number of rotatable bonds is 6. The summed E-state index contributed by atoms with van der Waals surface area (Å²) in [5.74, 6) is 1.33. The molecule has 2 aromatic carbocycles. The molecule has 0 fully saturated rings. The van der Waals surface area contributed by atoms with E-state index in [1.807, 2.05) is 25.1 Å². The average Bonchev–Trinajstić information content (AvgIpc) is 2.55. The fourth-order valence-electron chi connectivity index (χ4n) is 2.08. The van der Waals surface area contributed by atoms with Crippen molar-refractivity contribution < 1.29 is 14.3 Å². The van der Waals surface area contributed by atoms with E-state index in [1.165, 1.54) is 18.2 Å². The van der Waals surface area contributed by atoms with Crippen molar-refractivity contribution in [2.75, 3.05) is 25.6 Å². The summed E-state index contributed by atoms with van der Waals surface area (Å²) in [6, 6.07) is 10.6. The zero-order valence-corrected chi connectivity index (χ0v) is 14.7. The lowest BCUT2D eigenvalue weighted by molar-refractivity contribution is 0.247. The van der Waals surface area contributed by atoms with Gasteiger partial charge < -0.3 is 20.1 Å². The van der Waals surface area contributed by atoms with Crippen LogP contribution >= 0.6 is 11.6 Å². The highest BCUT2D eigenvalue weighted by Gasteiger charge is 2.07. The number of hydrogen-bond acceptors (Lipinski definition) is 3. The first-order valence-electron chi connectivity index (χ1n) is 7.58. The molecule has 0 aromatic heterocycles. The van der Waals surface area contributed by atoms with Crippen LogP contribution in [0.25, 0.3) is 0 Å². The van der Waals surface area contributed by atoms with Crippen LogP contribution in [0.2, 0.25) is 5.02 Å². The van der Waals surface area contributed by atoms with Crippen molar-refractivity contribution >= 4 is 23.3 Å². The number of benzene rings is 2. The summed E-state index contributed by atoms with van der Waals surface area (Å²) in [4.78, 5) is 11.9. The van der Waals surface area contributed by atoms with Gasteiger partial charge >= 0.3 is 6.03 Å². The molecule has 2 amide bonds. The van der Waals surface area contributed by atoms with Crippen LogP contribution in [0.5, 0.6) is 11.5 Å². The first-order chi connectivity index (χ1) is 11.5. The van der Waals surface area contributed by atoms with Crippen molar-refractivity contribution in [2.24, 2.45) is 0 Å². The molecule has 0 bridgehead atoms. The molecular formula is C18H21ClN2O3. The molecule has 0 aliphatic rings. The lowest BCUT2D eigenvalue weighted by atomic mass is 10.1. The van der Waals surface area contributed by atoms with Crippen molar-refractivity contribution in [3.05, 3.63) is 52.5 Å². The smallest absolute Gasteiger partial charge is 0.319 e. The van der Waals surface area contributed by atoms with E-state index in [-0.39, 0.29) is 6.03 Å². The summed E-state index contributed by atoms with van der Waals surface area (Å²) in [6.07, 6.45) is 0. The van der Waals surface area contributed by atoms with Gasteiger partial charge in [-0.1, -0.05) is 17.7 Å². The lowest BCUT2D eigenvalue weighted by Gasteiger charge is -2.12. The summed E-state index contributed by atoms with van der Waals surface area (Å²) in [5.41, 5.74) is 2.90. The van der Waals surface area contributed by atoms with Gasteiger partial charge in [0.25, 0.3) is 0 Å². The second-order valence-electron chi connectivity index (χ2n) is 5.32. The summed E-state index contributed by atoms with van der Waals surface area (Å²) in [7, 11) is 1.53. The zero-order valence-electron chi connectivity index (χ0n) is 14.0. The van der Waals surface area contributed by atoms with Crippen molar-refractivity contribution in [1.82, 2.24) is 5.32 Å². The van der Waals surface area contributed by atoms with Gasteiger partial charge in [0, 0.05) is 5.02 Å².